The van der Waals surface area contributed by atoms with Gasteiger partial charge in [0, 0.05) is 11.0 Å². The maximum absolute atomic E-state index is 4.49. The fourth-order valence-corrected chi connectivity index (χ4v) is 3.92. The maximum Gasteiger partial charge on any atom is 0.125 e. The van der Waals surface area contributed by atoms with Crippen molar-refractivity contribution in [1.82, 2.24) is 0 Å². The summed E-state index contributed by atoms with van der Waals surface area (Å²) in [5, 5.41) is 0.461. The highest BCUT2D eigenvalue weighted by molar-refractivity contribution is 8.39. The van der Waals surface area contributed by atoms with Crippen LogP contribution in [0.1, 0.15) is 17.2 Å². The number of hydrogen-bond acceptors (Lipinski definition) is 3. The van der Waals surface area contributed by atoms with E-state index in [9.17, 15) is 0 Å². The van der Waals surface area contributed by atoms with Gasteiger partial charge in [-0.15, -0.1) is 6.58 Å². The Hall–Kier alpha value is -0.670. The molecule has 1 nitrogen and oxygen atoms in total. The Kier molecular flexibility index (Phi) is 4.55. The second-order valence-corrected chi connectivity index (χ2v) is 6.07. The molecule has 0 aliphatic carbocycles. The molecule has 0 aromatic heterocycles. The van der Waals surface area contributed by atoms with Crippen molar-refractivity contribution in [2.45, 2.75) is 11.7 Å². The van der Waals surface area contributed by atoms with E-state index in [2.05, 4.69) is 41.9 Å². The first-order valence-electron chi connectivity index (χ1n) is 5.40. The zero-order valence-electron chi connectivity index (χ0n) is 9.13. The summed E-state index contributed by atoms with van der Waals surface area (Å²) in [5.74, 6) is 1.14. The SMILES string of the molecule is C=CCC(SC1=NCCS1)c1ccccc1. The van der Waals surface area contributed by atoms with Crippen LogP contribution < -0.4 is 0 Å². The van der Waals surface area contributed by atoms with Crippen LogP contribution in [-0.2, 0) is 0 Å². The molecule has 16 heavy (non-hydrogen) atoms. The van der Waals surface area contributed by atoms with E-state index in [1.54, 1.807) is 0 Å². The normalized spacial score (nSPS) is 16.9. The monoisotopic (exact) mass is 249 g/mol. The van der Waals surface area contributed by atoms with Crippen molar-refractivity contribution in [2.24, 2.45) is 4.99 Å². The number of rotatable bonds is 4. The minimum atomic E-state index is 0.461. The summed E-state index contributed by atoms with van der Waals surface area (Å²) in [6, 6.07) is 10.6. The van der Waals surface area contributed by atoms with Crippen molar-refractivity contribution in [3.8, 4) is 0 Å². The molecule has 2 rings (SSSR count). The van der Waals surface area contributed by atoms with Crippen LogP contribution in [-0.4, -0.2) is 16.7 Å². The number of thioether (sulfide) groups is 2. The fourth-order valence-electron chi connectivity index (χ4n) is 1.58. The first-order valence-corrected chi connectivity index (χ1v) is 7.26. The number of allylic oxidation sites excluding steroid dienone is 1. The van der Waals surface area contributed by atoms with E-state index in [1.807, 2.05) is 29.6 Å². The van der Waals surface area contributed by atoms with E-state index in [1.165, 1.54) is 9.94 Å². The molecular formula is C13H15NS2. The highest BCUT2D eigenvalue weighted by Crippen LogP contribution is 2.37. The lowest BCUT2D eigenvalue weighted by molar-refractivity contribution is 0.978. The Morgan fingerprint density at radius 1 is 1.44 bits per heavy atom. The summed E-state index contributed by atoms with van der Waals surface area (Å²) >= 11 is 3.74. The van der Waals surface area contributed by atoms with Gasteiger partial charge in [0.25, 0.3) is 0 Å². The minimum Gasteiger partial charge on any atom is -0.271 e. The summed E-state index contributed by atoms with van der Waals surface area (Å²) in [4.78, 5) is 4.49. The lowest BCUT2D eigenvalue weighted by Gasteiger charge is -2.14. The number of hydrogen-bond donors (Lipinski definition) is 0. The average molecular weight is 249 g/mol. The largest absolute Gasteiger partial charge is 0.271 e. The van der Waals surface area contributed by atoms with Crippen LogP contribution in [0, 0.1) is 0 Å². The van der Waals surface area contributed by atoms with Crippen molar-refractivity contribution in [3.63, 3.8) is 0 Å². The number of nitrogens with zero attached hydrogens (tertiary/aromatic N) is 1. The van der Waals surface area contributed by atoms with Crippen molar-refractivity contribution in [1.29, 1.82) is 0 Å². The first-order chi connectivity index (χ1) is 7.90. The zero-order chi connectivity index (χ0) is 11.2. The summed E-state index contributed by atoms with van der Waals surface area (Å²) < 4.78 is 1.23. The van der Waals surface area contributed by atoms with Crippen LogP contribution in [0.15, 0.2) is 48.0 Å². The molecule has 0 amide bonds. The molecular weight excluding hydrogens is 234 g/mol. The Balaban J connectivity index is 2.07. The van der Waals surface area contributed by atoms with Gasteiger partial charge in [-0.05, 0) is 12.0 Å². The molecule has 1 atom stereocenters. The Morgan fingerprint density at radius 2 is 2.25 bits per heavy atom. The smallest absolute Gasteiger partial charge is 0.125 e. The highest BCUT2D eigenvalue weighted by Gasteiger charge is 2.16. The molecule has 0 fully saturated rings. The molecule has 1 unspecified atom stereocenters. The van der Waals surface area contributed by atoms with Gasteiger partial charge in [0.2, 0.25) is 0 Å². The summed E-state index contributed by atoms with van der Waals surface area (Å²) in [5.41, 5.74) is 1.36. The van der Waals surface area contributed by atoms with Crippen LogP contribution in [0.5, 0.6) is 0 Å². The Morgan fingerprint density at radius 3 is 2.88 bits per heavy atom. The van der Waals surface area contributed by atoms with Gasteiger partial charge in [-0.3, -0.25) is 4.99 Å². The van der Waals surface area contributed by atoms with Crippen LogP contribution in [0.2, 0.25) is 0 Å². The first kappa shape index (κ1) is 11.8. The van der Waals surface area contributed by atoms with E-state index in [0.717, 1.165) is 18.7 Å². The second-order valence-electron chi connectivity index (χ2n) is 3.54. The minimum absolute atomic E-state index is 0.461. The third kappa shape index (κ3) is 3.16. The maximum atomic E-state index is 4.49. The average Bonchev–Trinajstić information content (AvgIpc) is 2.83. The van der Waals surface area contributed by atoms with E-state index < -0.39 is 0 Å². The summed E-state index contributed by atoms with van der Waals surface area (Å²) in [6.07, 6.45) is 2.99. The molecule has 0 bridgehead atoms. The molecule has 1 aliphatic heterocycles. The Labute approximate surface area is 105 Å². The quantitative estimate of drug-likeness (QED) is 0.744. The van der Waals surface area contributed by atoms with Crippen LogP contribution in [0.4, 0.5) is 0 Å². The fraction of sp³-hybridized carbons (Fsp3) is 0.308. The predicted molar refractivity (Wildman–Crippen MR) is 76.3 cm³/mol. The van der Waals surface area contributed by atoms with Gasteiger partial charge in [-0.25, -0.2) is 0 Å². The van der Waals surface area contributed by atoms with Gasteiger partial charge in [0.15, 0.2) is 0 Å². The standard InChI is InChI=1S/C13H15NS2/c1-2-6-12(11-7-4-3-5-8-11)16-13-14-9-10-15-13/h2-5,7-8,12H,1,6,9-10H2. The molecule has 0 radical (unpaired) electrons. The van der Waals surface area contributed by atoms with Crippen LogP contribution in [0.3, 0.4) is 0 Å². The van der Waals surface area contributed by atoms with Crippen LogP contribution in [0.25, 0.3) is 0 Å². The molecule has 0 saturated carbocycles. The van der Waals surface area contributed by atoms with E-state index in [4.69, 9.17) is 0 Å². The summed E-state index contributed by atoms with van der Waals surface area (Å²) in [6.45, 7) is 4.82. The van der Waals surface area contributed by atoms with E-state index in [0.29, 0.717) is 5.25 Å². The third-order valence-corrected chi connectivity index (χ3v) is 4.84. The molecule has 0 N–H and O–H groups in total. The van der Waals surface area contributed by atoms with Gasteiger partial charge >= 0.3 is 0 Å². The van der Waals surface area contributed by atoms with Crippen molar-refractivity contribution < 1.29 is 0 Å². The topological polar surface area (TPSA) is 12.4 Å². The molecule has 0 saturated heterocycles. The molecule has 0 spiro atoms. The summed E-state index contributed by atoms with van der Waals surface area (Å²) in [7, 11) is 0. The molecule has 84 valence electrons. The molecule has 1 heterocycles. The van der Waals surface area contributed by atoms with Crippen molar-refractivity contribution in [3.05, 3.63) is 48.6 Å². The molecule has 3 heteroatoms. The van der Waals surface area contributed by atoms with Gasteiger partial charge < -0.3 is 0 Å². The zero-order valence-corrected chi connectivity index (χ0v) is 10.8. The van der Waals surface area contributed by atoms with Crippen LogP contribution >= 0.6 is 23.5 Å². The molecule has 1 aliphatic rings. The Bertz CT molecular complexity index is 373. The van der Waals surface area contributed by atoms with E-state index >= 15 is 0 Å². The van der Waals surface area contributed by atoms with E-state index in [-0.39, 0.29) is 0 Å². The predicted octanol–water partition coefficient (Wildman–Crippen LogP) is 4.14. The van der Waals surface area contributed by atoms with Gasteiger partial charge in [0.1, 0.15) is 4.38 Å². The number of benzene rings is 1. The lowest BCUT2D eigenvalue weighted by atomic mass is 10.1. The highest BCUT2D eigenvalue weighted by atomic mass is 32.2. The lowest BCUT2D eigenvalue weighted by Crippen LogP contribution is -1.95. The third-order valence-electron chi connectivity index (χ3n) is 2.35. The van der Waals surface area contributed by atoms with Gasteiger partial charge in [0.05, 0.1) is 6.54 Å². The number of aliphatic imine (C=N–C) groups is 1. The van der Waals surface area contributed by atoms with Crippen molar-refractivity contribution >= 4 is 27.9 Å². The molecule has 1 aromatic carbocycles. The second kappa shape index (κ2) is 6.16. The van der Waals surface area contributed by atoms with Gasteiger partial charge in [-0.2, -0.15) is 0 Å². The molecule has 1 aromatic rings. The van der Waals surface area contributed by atoms with Gasteiger partial charge in [-0.1, -0.05) is 59.9 Å². The van der Waals surface area contributed by atoms with Crippen molar-refractivity contribution in [2.75, 3.05) is 12.3 Å².